The first-order valence-electron chi connectivity index (χ1n) is 10.5. The van der Waals surface area contributed by atoms with Gasteiger partial charge in [0.05, 0.1) is 11.0 Å². The zero-order chi connectivity index (χ0) is 24.0. The third kappa shape index (κ3) is 3.91. The molecule has 6 nitrogen and oxygen atoms in total. The number of aromatic nitrogens is 4. The van der Waals surface area contributed by atoms with Crippen molar-refractivity contribution in [1.29, 1.82) is 0 Å². The van der Waals surface area contributed by atoms with Crippen molar-refractivity contribution in [2.24, 2.45) is 0 Å². The van der Waals surface area contributed by atoms with Crippen LogP contribution in [-0.2, 0) is 0 Å². The highest BCUT2D eigenvalue weighted by Crippen LogP contribution is 2.29. The maximum absolute atomic E-state index is 13.1. The summed E-state index contributed by atoms with van der Waals surface area (Å²) in [5, 5.41) is 4.22. The molecule has 4 aromatic heterocycles. The van der Waals surface area contributed by atoms with Crippen molar-refractivity contribution >= 4 is 66.8 Å². The Kier molecular flexibility index (Phi) is 5.34. The van der Waals surface area contributed by atoms with Gasteiger partial charge >= 0.3 is 0 Å². The summed E-state index contributed by atoms with van der Waals surface area (Å²) in [6, 6.07) is 18.7. The van der Waals surface area contributed by atoms with Crippen LogP contribution in [0, 0.1) is 19.8 Å². The molecule has 0 amide bonds. The maximum Gasteiger partial charge on any atom is 0.213 e. The lowest BCUT2D eigenvalue weighted by Crippen LogP contribution is -1.96. The van der Waals surface area contributed by atoms with Crippen molar-refractivity contribution in [2.75, 3.05) is 11.5 Å². The van der Waals surface area contributed by atoms with Crippen LogP contribution in [-0.4, -0.2) is 19.9 Å². The van der Waals surface area contributed by atoms with Gasteiger partial charge in [0.2, 0.25) is 5.95 Å². The molecule has 0 bridgehead atoms. The predicted octanol–water partition coefficient (Wildman–Crippen LogP) is 6.14. The van der Waals surface area contributed by atoms with Crippen molar-refractivity contribution < 1.29 is 4.39 Å². The lowest BCUT2D eigenvalue weighted by molar-refractivity contribution is 0.589. The van der Waals surface area contributed by atoms with Gasteiger partial charge < -0.3 is 11.5 Å². The Labute approximate surface area is 199 Å². The summed E-state index contributed by atoms with van der Waals surface area (Å²) < 4.78 is 13.1. The van der Waals surface area contributed by atoms with E-state index in [0.29, 0.717) is 22.0 Å². The van der Waals surface area contributed by atoms with Gasteiger partial charge in [-0.15, -0.1) is 0 Å². The summed E-state index contributed by atoms with van der Waals surface area (Å²) in [4.78, 5) is 16.6. The molecule has 4 N–H and O–H groups in total. The molecule has 0 fully saturated rings. The monoisotopic (exact) mass is 470 g/mol. The van der Waals surface area contributed by atoms with E-state index >= 15 is 0 Å². The molecule has 0 aliphatic carbocycles. The quantitative estimate of drug-likeness (QED) is 0.204. The fraction of sp³-hybridized carbons (Fsp3) is 0.0769. The second kappa shape index (κ2) is 8.35. The van der Waals surface area contributed by atoms with Crippen LogP contribution >= 0.6 is 11.6 Å². The van der Waals surface area contributed by atoms with Crippen LogP contribution in [0.1, 0.15) is 11.1 Å². The number of pyridine rings is 4. The van der Waals surface area contributed by atoms with Crippen molar-refractivity contribution in [1.82, 2.24) is 19.9 Å². The second-order valence-electron chi connectivity index (χ2n) is 8.10. The molecule has 0 atom stereocenters. The molecule has 4 heterocycles. The highest BCUT2D eigenvalue weighted by molar-refractivity contribution is 6.30. The minimum absolute atomic E-state index is 0.262. The number of fused-ring (bicyclic) bond motifs is 6. The average Bonchev–Trinajstić information content (AvgIpc) is 2.80. The highest BCUT2D eigenvalue weighted by Gasteiger charge is 2.09. The summed E-state index contributed by atoms with van der Waals surface area (Å²) in [6.07, 6.45) is 0. The number of anilines is 2. The molecule has 34 heavy (non-hydrogen) atoms. The van der Waals surface area contributed by atoms with Gasteiger partial charge in [-0.1, -0.05) is 35.9 Å². The summed E-state index contributed by atoms with van der Waals surface area (Å²) >= 11 is 5.87. The number of nitrogen functional groups attached to an aromatic ring is 2. The van der Waals surface area contributed by atoms with Crippen LogP contribution in [0.2, 0.25) is 5.15 Å². The summed E-state index contributed by atoms with van der Waals surface area (Å²) in [5.74, 6) is 0.135. The van der Waals surface area contributed by atoms with Gasteiger partial charge in [0.15, 0.2) is 11.6 Å². The van der Waals surface area contributed by atoms with Gasteiger partial charge in [0.25, 0.3) is 0 Å². The van der Waals surface area contributed by atoms with Crippen LogP contribution in [0.15, 0.2) is 60.7 Å². The van der Waals surface area contributed by atoms with E-state index in [2.05, 4.69) is 19.9 Å². The van der Waals surface area contributed by atoms with Crippen molar-refractivity contribution in [3.63, 3.8) is 0 Å². The Morgan fingerprint density at radius 3 is 1.65 bits per heavy atom. The van der Waals surface area contributed by atoms with Gasteiger partial charge in [-0.3, -0.25) is 0 Å². The molecule has 0 unspecified atom stereocenters. The van der Waals surface area contributed by atoms with E-state index in [0.717, 1.165) is 43.7 Å². The van der Waals surface area contributed by atoms with Crippen LogP contribution in [0.3, 0.4) is 0 Å². The Morgan fingerprint density at radius 2 is 1.09 bits per heavy atom. The second-order valence-corrected chi connectivity index (χ2v) is 8.48. The molecule has 6 aromatic rings. The molecular formula is C26H20ClFN6. The number of hydrogen-bond donors (Lipinski definition) is 2. The smallest absolute Gasteiger partial charge is 0.213 e. The summed E-state index contributed by atoms with van der Waals surface area (Å²) in [7, 11) is 0. The number of nitrogens with two attached hydrogens (primary N) is 2. The number of benzene rings is 2. The van der Waals surface area contributed by atoms with Gasteiger partial charge in [0, 0.05) is 21.5 Å². The number of halogens is 2. The van der Waals surface area contributed by atoms with Crippen LogP contribution in [0.4, 0.5) is 16.0 Å². The average molecular weight is 471 g/mol. The van der Waals surface area contributed by atoms with Crippen LogP contribution in [0.25, 0.3) is 43.6 Å². The zero-order valence-corrected chi connectivity index (χ0v) is 19.2. The summed E-state index contributed by atoms with van der Waals surface area (Å²) in [6.45, 7) is 4.02. The molecule has 0 aliphatic heterocycles. The molecular weight excluding hydrogens is 451 g/mol. The fourth-order valence-electron chi connectivity index (χ4n) is 3.99. The third-order valence-corrected chi connectivity index (χ3v) is 5.79. The van der Waals surface area contributed by atoms with Crippen molar-refractivity contribution in [3.8, 4) is 0 Å². The van der Waals surface area contributed by atoms with Crippen molar-refractivity contribution in [2.45, 2.75) is 13.8 Å². The van der Waals surface area contributed by atoms with Crippen molar-refractivity contribution in [3.05, 3.63) is 82.9 Å². The Hall–Kier alpha value is -4.10. The van der Waals surface area contributed by atoms with E-state index in [-0.39, 0.29) is 5.82 Å². The molecule has 0 aliphatic rings. The Balaban J connectivity index is 0.000000142. The van der Waals surface area contributed by atoms with Crippen LogP contribution < -0.4 is 11.5 Å². The van der Waals surface area contributed by atoms with Gasteiger partial charge in [-0.2, -0.15) is 4.39 Å². The van der Waals surface area contributed by atoms with Crippen LogP contribution in [0.5, 0.6) is 0 Å². The first-order valence-corrected chi connectivity index (χ1v) is 10.9. The first kappa shape index (κ1) is 21.7. The van der Waals surface area contributed by atoms with E-state index in [4.69, 9.17) is 23.1 Å². The Morgan fingerprint density at radius 1 is 0.618 bits per heavy atom. The van der Waals surface area contributed by atoms with E-state index in [1.807, 2.05) is 56.3 Å². The highest BCUT2D eigenvalue weighted by atomic mass is 35.5. The summed E-state index contributed by atoms with van der Waals surface area (Å²) in [5.41, 5.74) is 16.8. The minimum Gasteiger partial charge on any atom is -0.382 e. The van der Waals surface area contributed by atoms with E-state index in [1.54, 1.807) is 12.1 Å². The zero-order valence-electron chi connectivity index (χ0n) is 18.5. The number of hydrogen-bond acceptors (Lipinski definition) is 6. The molecule has 168 valence electrons. The van der Waals surface area contributed by atoms with E-state index in [1.165, 1.54) is 6.07 Å². The predicted molar refractivity (Wildman–Crippen MR) is 137 cm³/mol. The third-order valence-electron chi connectivity index (χ3n) is 5.58. The molecule has 6 rings (SSSR count). The van der Waals surface area contributed by atoms with Gasteiger partial charge in [-0.05, 0) is 61.4 Å². The van der Waals surface area contributed by atoms with Gasteiger partial charge in [0.1, 0.15) is 16.2 Å². The molecule has 0 saturated heterocycles. The normalized spacial score (nSPS) is 11.2. The fourth-order valence-corrected chi connectivity index (χ4v) is 4.13. The first-order chi connectivity index (χ1) is 16.3. The van der Waals surface area contributed by atoms with Gasteiger partial charge in [-0.25, -0.2) is 19.9 Å². The SMILES string of the molecule is Cc1ccc2c(c1)nc(N)c1nc(Cl)ccc12.Cc1ccc2c(c1)nc(N)c1nc(F)ccc12. The molecule has 8 heteroatoms. The lowest BCUT2D eigenvalue weighted by atomic mass is 10.1. The number of aryl methyl sites for hydroxylation is 2. The largest absolute Gasteiger partial charge is 0.382 e. The standard InChI is InChI=1S/C13H10ClN3.C13H10FN3/c2*1-7-2-3-8-9-4-5-11(14)17-12(9)13(15)16-10(8)6-7/h2*2-6H,1H3,(H2,15,16). The number of rotatable bonds is 0. The maximum atomic E-state index is 13.1. The van der Waals surface area contributed by atoms with E-state index < -0.39 is 5.95 Å². The topological polar surface area (TPSA) is 104 Å². The lowest BCUT2D eigenvalue weighted by Gasteiger charge is -2.06. The Bertz CT molecular complexity index is 1610. The molecule has 0 spiro atoms. The number of nitrogens with zero attached hydrogens (tertiary/aromatic N) is 4. The van der Waals surface area contributed by atoms with E-state index in [9.17, 15) is 4.39 Å². The molecule has 0 radical (unpaired) electrons. The molecule has 2 aromatic carbocycles. The molecule has 0 saturated carbocycles. The minimum atomic E-state index is -0.544.